The number of carbonyl (C=O) groups is 2. The number of carbonyl (C=O) groups excluding carboxylic acids is 1. The molecule has 0 atom stereocenters. The largest absolute Gasteiger partial charge is 0.483 e. The minimum absolute atomic E-state index is 0.0144. The van der Waals surface area contributed by atoms with Crippen molar-refractivity contribution in [2.45, 2.75) is 38.5 Å². The van der Waals surface area contributed by atoms with Gasteiger partial charge in [0, 0.05) is 30.3 Å². The summed E-state index contributed by atoms with van der Waals surface area (Å²) in [6, 6.07) is 15.9. The number of aldehydes is 1. The Morgan fingerprint density at radius 2 is 1.93 bits per heavy atom. The predicted molar refractivity (Wildman–Crippen MR) is 173 cm³/mol. The maximum Gasteiger partial charge on any atom is 0.349 e. The monoisotopic (exact) mass is 627 g/mol. The van der Waals surface area contributed by atoms with E-state index in [1.165, 1.54) is 24.2 Å². The highest BCUT2D eigenvalue weighted by molar-refractivity contribution is 7.98. The average Bonchev–Trinajstić information content (AvgIpc) is 3.29. The smallest absolute Gasteiger partial charge is 0.349 e. The van der Waals surface area contributed by atoms with E-state index in [-0.39, 0.29) is 22.3 Å². The van der Waals surface area contributed by atoms with Crippen molar-refractivity contribution in [2.24, 2.45) is 0 Å². The highest BCUT2D eigenvalue weighted by Gasteiger charge is 2.24. The fourth-order valence-corrected chi connectivity index (χ4v) is 5.80. The number of hydrogen-bond acceptors (Lipinski definition) is 10. The molecule has 0 aliphatic carbocycles. The summed E-state index contributed by atoms with van der Waals surface area (Å²) in [5.74, 6) is 1.16. The normalized spacial score (nSPS) is 10.2. The second kappa shape index (κ2) is 20.5. The van der Waals surface area contributed by atoms with Crippen LogP contribution < -0.4 is 20.5 Å². The highest BCUT2D eigenvalue weighted by atomic mass is 35.5. The Hall–Kier alpha value is -2.41. The van der Waals surface area contributed by atoms with E-state index in [9.17, 15) is 14.7 Å². The Kier molecular flexibility index (Phi) is 18.2. The number of thiophene rings is 1. The number of nitrogens with two attached hydrogens (primary N) is 1. The highest BCUT2D eigenvalue weighted by Crippen LogP contribution is 2.45. The summed E-state index contributed by atoms with van der Waals surface area (Å²) >= 11 is 13.2. The first kappa shape index (κ1) is 35.6. The first-order chi connectivity index (χ1) is 19.3. The lowest BCUT2D eigenvalue weighted by molar-refractivity contribution is -0.109. The maximum absolute atomic E-state index is 11.3. The van der Waals surface area contributed by atoms with Gasteiger partial charge in [0.05, 0.1) is 4.88 Å². The number of unbranched alkanes of at least 4 members (excludes halogenated alkanes) is 1. The number of benzene rings is 2. The zero-order valence-electron chi connectivity index (χ0n) is 22.9. The molecule has 8 nitrogen and oxygen atoms in total. The number of anilines is 2. The van der Waals surface area contributed by atoms with Gasteiger partial charge in [-0.1, -0.05) is 62.5 Å². The second-order valence-corrected chi connectivity index (χ2v) is 11.2. The van der Waals surface area contributed by atoms with Gasteiger partial charge in [0.2, 0.25) is 0 Å². The predicted octanol–water partition coefficient (Wildman–Crippen LogP) is 6.49. The van der Waals surface area contributed by atoms with Crippen molar-refractivity contribution in [1.82, 2.24) is 5.32 Å². The third kappa shape index (κ3) is 12.8. The van der Waals surface area contributed by atoms with E-state index in [1.54, 1.807) is 24.3 Å². The molecule has 0 spiro atoms. The molecule has 2 aromatic carbocycles. The third-order valence-electron chi connectivity index (χ3n) is 5.04. The van der Waals surface area contributed by atoms with Crippen LogP contribution in [0.5, 0.6) is 5.75 Å². The molecule has 3 aromatic rings. The van der Waals surface area contributed by atoms with Gasteiger partial charge >= 0.3 is 5.97 Å². The van der Waals surface area contributed by atoms with Crippen LogP contribution in [0.25, 0.3) is 10.4 Å². The number of ether oxygens (including phenoxy) is 1. The minimum atomic E-state index is -1.16. The standard InChI is InChI=1S/C14H24N2S.C13H10ClNO4S2.CH4O/c1-12(2)16-8-3-4-9-17-11-13-6-5-7-14(15)10-13;14-9-10(19-5-4-16)12(13(17)18)21-11(9)7-2-1-3-8(6-7)15-20;1-2/h5-7,10,12,16H,3-4,8-9,11,15H2,1-2H3;1-4,6,15,20H,5H2,(H,17,18);2H,1H3. The Bertz CT molecular complexity index is 1180. The zero-order valence-corrected chi connectivity index (χ0v) is 26.1. The maximum atomic E-state index is 11.3. The van der Waals surface area contributed by atoms with Crippen molar-refractivity contribution in [3.8, 4) is 16.2 Å². The number of rotatable bonds is 14. The van der Waals surface area contributed by atoms with Gasteiger partial charge in [0.25, 0.3) is 0 Å². The molecule has 40 heavy (non-hydrogen) atoms. The van der Waals surface area contributed by atoms with E-state index in [2.05, 4.69) is 48.8 Å². The summed E-state index contributed by atoms with van der Waals surface area (Å²) in [7, 11) is 1.00. The molecular weight excluding hydrogens is 590 g/mol. The molecule has 1 aromatic heterocycles. The Labute approximate surface area is 255 Å². The van der Waals surface area contributed by atoms with Crippen molar-refractivity contribution in [1.29, 1.82) is 0 Å². The van der Waals surface area contributed by atoms with Crippen molar-refractivity contribution in [3.05, 3.63) is 64.0 Å². The van der Waals surface area contributed by atoms with Gasteiger partial charge in [0.15, 0.2) is 16.9 Å². The number of nitrogens with one attached hydrogen (secondary N) is 2. The van der Waals surface area contributed by atoms with Gasteiger partial charge in [-0.15, -0.1) is 11.3 Å². The lowest BCUT2D eigenvalue weighted by Crippen LogP contribution is -2.23. The van der Waals surface area contributed by atoms with Crippen LogP contribution in [0.1, 0.15) is 41.9 Å². The number of carboxylic acids is 1. The molecule has 3 rings (SSSR count). The zero-order chi connectivity index (χ0) is 29.9. The molecule has 220 valence electrons. The first-order valence-corrected chi connectivity index (χ1v) is 15.3. The van der Waals surface area contributed by atoms with E-state index in [0.717, 1.165) is 47.7 Å². The number of nitrogen functional groups attached to an aromatic ring is 1. The molecule has 0 unspecified atom stereocenters. The van der Waals surface area contributed by atoms with E-state index in [1.807, 2.05) is 23.9 Å². The molecule has 0 aliphatic rings. The van der Waals surface area contributed by atoms with Gasteiger partial charge in [-0.3, -0.25) is 4.79 Å². The molecule has 0 bridgehead atoms. The van der Waals surface area contributed by atoms with E-state index in [0.29, 0.717) is 17.2 Å². The lowest BCUT2D eigenvalue weighted by Gasteiger charge is -2.07. The number of hydrogen-bond donors (Lipinski definition) is 6. The van der Waals surface area contributed by atoms with Crippen LogP contribution in [-0.4, -0.2) is 54.5 Å². The van der Waals surface area contributed by atoms with E-state index >= 15 is 0 Å². The quantitative estimate of drug-likeness (QED) is 0.0513. The second-order valence-electron chi connectivity index (χ2n) is 8.49. The molecular formula is C28H38ClN3O5S3. The number of thioether (sulfide) groups is 1. The van der Waals surface area contributed by atoms with Crippen LogP contribution in [-0.2, 0) is 10.5 Å². The topological polar surface area (TPSA) is 134 Å². The molecule has 12 heteroatoms. The summed E-state index contributed by atoms with van der Waals surface area (Å²) in [5.41, 5.74) is 9.41. The Morgan fingerprint density at radius 3 is 2.55 bits per heavy atom. The molecule has 0 saturated carbocycles. The number of aliphatic hydroxyl groups is 1. The number of halogens is 1. The fraction of sp³-hybridized carbons (Fsp3) is 0.357. The summed E-state index contributed by atoms with van der Waals surface area (Å²) in [6.07, 6.45) is 3.08. The third-order valence-corrected chi connectivity index (χ3v) is 8.09. The number of carboxylic acid groups (broad SMARTS) is 1. The lowest BCUT2D eigenvalue weighted by atomic mass is 10.1. The van der Waals surface area contributed by atoms with Gasteiger partial charge in [-0.05, 0) is 60.5 Å². The van der Waals surface area contributed by atoms with Gasteiger partial charge in [0.1, 0.15) is 11.6 Å². The number of aromatic carboxylic acids is 1. The minimum Gasteiger partial charge on any atom is -0.483 e. The van der Waals surface area contributed by atoms with E-state index in [4.69, 9.17) is 27.2 Å². The molecule has 0 aliphatic heterocycles. The number of aliphatic hydroxyl groups excluding tert-OH is 1. The fourth-order valence-electron chi connectivity index (χ4n) is 3.29. The molecule has 1 heterocycles. The van der Waals surface area contributed by atoms with Crippen LogP contribution >= 0.6 is 47.5 Å². The Morgan fingerprint density at radius 1 is 1.20 bits per heavy atom. The van der Waals surface area contributed by atoms with Crippen LogP contribution in [0.15, 0.2) is 48.5 Å². The summed E-state index contributed by atoms with van der Waals surface area (Å²) < 4.78 is 7.83. The van der Waals surface area contributed by atoms with Gasteiger partial charge in [-0.25, -0.2) is 4.79 Å². The van der Waals surface area contributed by atoms with Crippen LogP contribution in [0.3, 0.4) is 0 Å². The molecule has 0 radical (unpaired) electrons. The van der Waals surface area contributed by atoms with Gasteiger partial charge < -0.3 is 30.7 Å². The molecule has 0 saturated heterocycles. The van der Waals surface area contributed by atoms with Crippen LogP contribution in [0.2, 0.25) is 5.02 Å². The van der Waals surface area contributed by atoms with Crippen molar-refractivity contribution >= 4 is 71.1 Å². The Balaban J connectivity index is 0.000000385. The SMILES string of the molecule is CC(C)NCCCCSCc1cccc(N)c1.CO.O=CCOc1c(C(=O)O)sc(-c2cccc(NS)c2)c1Cl. The number of thiol groups is 1. The summed E-state index contributed by atoms with van der Waals surface area (Å²) in [6.45, 7) is 5.26. The van der Waals surface area contributed by atoms with E-state index < -0.39 is 5.97 Å². The van der Waals surface area contributed by atoms with Crippen molar-refractivity contribution in [3.63, 3.8) is 0 Å². The molecule has 0 amide bonds. The molecule has 0 fully saturated rings. The summed E-state index contributed by atoms with van der Waals surface area (Å²) in [4.78, 5) is 22.2. The van der Waals surface area contributed by atoms with Crippen LogP contribution in [0, 0.1) is 0 Å². The van der Waals surface area contributed by atoms with Gasteiger partial charge in [-0.2, -0.15) is 11.8 Å². The first-order valence-electron chi connectivity index (χ1n) is 12.5. The molecule has 6 N–H and O–H groups in total. The average molecular weight is 628 g/mol. The van der Waals surface area contributed by atoms with Crippen LogP contribution in [0.4, 0.5) is 11.4 Å². The van der Waals surface area contributed by atoms with Crippen molar-refractivity contribution in [2.75, 3.05) is 36.5 Å². The van der Waals surface area contributed by atoms with Crippen molar-refractivity contribution < 1.29 is 24.5 Å². The summed E-state index contributed by atoms with van der Waals surface area (Å²) in [5, 5.41) is 19.8.